The molecule has 0 spiro atoms. The quantitative estimate of drug-likeness (QED) is 0.867. The third-order valence-corrected chi connectivity index (χ3v) is 4.82. The van der Waals surface area contributed by atoms with Gasteiger partial charge in [-0.05, 0) is 44.4 Å². The van der Waals surface area contributed by atoms with E-state index < -0.39 is 10.0 Å². The largest absolute Gasteiger partial charge is 0.381 e. The lowest BCUT2D eigenvalue weighted by Gasteiger charge is -2.34. The Morgan fingerprint density at radius 1 is 1.33 bits per heavy atom. The van der Waals surface area contributed by atoms with Crippen molar-refractivity contribution in [3.05, 3.63) is 29.3 Å². The van der Waals surface area contributed by atoms with E-state index >= 15 is 0 Å². The minimum atomic E-state index is -3.84. The Kier molecular flexibility index (Phi) is 4.36. The van der Waals surface area contributed by atoms with E-state index in [1.165, 1.54) is 6.07 Å². The van der Waals surface area contributed by atoms with Crippen molar-refractivity contribution in [3.63, 3.8) is 0 Å². The molecule has 116 valence electrons. The molecule has 21 heavy (non-hydrogen) atoms. The van der Waals surface area contributed by atoms with Crippen LogP contribution < -0.4 is 10.5 Å². The number of primary sulfonamides is 1. The normalized spacial score (nSPS) is 18.2. The molecule has 2 rings (SSSR count). The molecule has 6 nitrogen and oxygen atoms in total. The zero-order valence-electron chi connectivity index (χ0n) is 12.2. The van der Waals surface area contributed by atoms with Crippen LogP contribution in [0.5, 0.6) is 0 Å². The number of nitrogens with two attached hydrogens (primary N) is 1. The van der Waals surface area contributed by atoms with Crippen molar-refractivity contribution in [3.8, 4) is 0 Å². The van der Waals surface area contributed by atoms with Crippen molar-refractivity contribution >= 4 is 15.9 Å². The van der Waals surface area contributed by atoms with Crippen molar-refractivity contribution in [2.24, 2.45) is 5.14 Å². The van der Waals surface area contributed by atoms with E-state index in [-0.39, 0.29) is 21.9 Å². The highest BCUT2D eigenvalue weighted by atomic mass is 32.2. The third kappa shape index (κ3) is 3.81. The minimum Gasteiger partial charge on any atom is -0.381 e. The first-order chi connectivity index (χ1) is 9.71. The summed E-state index contributed by atoms with van der Waals surface area (Å²) >= 11 is 0. The molecule has 1 aromatic carbocycles. The smallest absolute Gasteiger partial charge is 0.251 e. The summed E-state index contributed by atoms with van der Waals surface area (Å²) in [5.74, 6) is -0.302. The number of amides is 1. The van der Waals surface area contributed by atoms with Gasteiger partial charge in [0.05, 0.1) is 4.90 Å². The fourth-order valence-corrected chi connectivity index (χ4v) is 3.15. The lowest BCUT2D eigenvalue weighted by atomic mass is 9.92. The Morgan fingerprint density at radius 3 is 2.52 bits per heavy atom. The number of nitrogens with one attached hydrogen (secondary N) is 1. The molecule has 0 saturated carbocycles. The van der Waals surface area contributed by atoms with Gasteiger partial charge >= 0.3 is 0 Å². The van der Waals surface area contributed by atoms with Gasteiger partial charge in [-0.15, -0.1) is 0 Å². The Hall–Kier alpha value is -1.44. The maximum Gasteiger partial charge on any atom is 0.251 e. The van der Waals surface area contributed by atoms with Gasteiger partial charge < -0.3 is 10.1 Å². The van der Waals surface area contributed by atoms with E-state index in [0.717, 1.165) is 12.8 Å². The molecule has 0 atom stereocenters. The van der Waals surface area contributed by atoms with E-state index in [9.17, 15) is 13.2 Å². The first-order valence-electron chi connectivity index (χ1n) is 6.75. The van der Waals surface area contributed by atoms with Crippen LogP contribution in [0.15, 0.2) is 23.1 Å². The summed E-state index contributed by atoms with van der Waals surface area (Å²) in [7, 11) is -3.84. The number of benzene rings is 1. The summed E-state index contributed by atoms with van der Waals surface area (Å²) < 4.78 is 28.3. The lowest BCUT2D eigenvalue weighted by molar-refractivity contribution is 0.0423. The van der Waals surface area contributed by atoms with Gasteiger partial charge in [0, 0.05) is 24.3 Å². The molecule has 0 radical (unpaired) electrons. The molecule has 1 aromatic rings. The molecule has 1 fully saturated rings. The summed E-state index contributed by atoms with van der Waals surface area (Å²) in [6, 6.07) is 4.51. The minimum absolute atomic E-state index is 0.0210. The van der Waals surface area contributed by atoms with Gasteiger partial charge in [0.25, 0.3) is 5.91 Å². The molecule has 1 aliphatic rings. The zero-order valence-corrected chi connectivity index (χ0v) is 13.0. The van der Waals surface area contributed by atoms with E-state index in [1.54, 1.807) is 19.1 Å². The van der Waals surface area contributed by atoms with Gasteiger partial charge in [0.15, 0.2) is 0 Å². The van der Waals surface area contributed by atoms with Gasteiger partial charge in [-0.25, -0.2) is 13.6 Å². The Bertz CT molecular complexity index is 649. The molecule has 1 aliphatic heterocycles. The molecule has 1 amide bonds. The Morgan fingerprint density at radius 2 is 1.95 bits per heavy atom. The monoisotopic (exact) mass is 312 g/mol. The average Bonchev–Trinajstić information content (AvgIpc) is 2.38. The standard InChI is InChI=1S/C14H20N2O4S/c1-10-3-4-11(9-12(10)21(15,18)19)13(17)16-14(2)5-7-20-8-6-14/h3-4,9H,5-8H2,1-2H3,(H,16,17)(H2,15,18,19). The third-order valence-electron chi connectivity index (χ3n) is 3.77. The van der Waals surface area contributed by atoms with Crippen molar-refractivity contribution in [1.29, 1.82) is 0 Å². The molecule has 0 unspecified atom stereocenters. The summed E-state index contributed by atoms with van der Waals surface area (Å²) in [5, 5.41) is 8.12. The second kappa shape index (κ2) is 5.75. The van der Waals surface area contributed by atoms with Gasteiger partial charge in [-0.3, -0.25) is 4.79 Å². The van der Waals surface area contributed by atoms with E-state index in [4.69, 9.17) is 9.88 Å². The summed E-state index contributed by atoms with van der Waals surface area (Å²) in [5.41, 5.74) is 0.478. The van der Waals surface area contributed by atoms with Gasteiger partial charge in [0.1, 0.15) is 0 Å². The lowest BCUT2D eigenvalue weighted by Crippen LogP contribution is -2.49. The highest BCUT2D eigenvalue weighted by molar-refractivity contribution is 7.89. The van der Waals surface area contributed by atoms with Gasteiger partial charge in [0.2, 0.25) is 10.0 Å². The van der Waals surface area contributed by atoms with E-state index in [2.05, 4.69) is 5.32 Å². The average molecular weight is 312 g/mol. The predicted molar refractivity (Wildman–Crippen MR) is 78.5 cm³/mol. The molecule has 0 bridgehead atoms. The van der Waals surface area contributed by atoms with Crippen LogP contribution in [0, 0.1) is 6.92 Å². The topological polar surface area (TPSA) is 98.5 Å². The number of sulfonamides is 1. The van der Waals surface area contributed by atoms with Gasteiger partial charge in [-0.2, -0.15) is 0 Å². The summed E-state index contributed by atoms with van der Waals surface area (Å²) in [4.78, 5) is 12.3. The van der Waals surface area contributed by atoms with Crippen LogP contribution >= 0.6 is 0 Å². The number of rotatable bonds is 3. The fraction of sp³-hybridized carbons (Fsp3) is 0.500. The van der Waals surface area contributed by atoms with Crippen molar-refractivity contribution in [2.45, 2.75) is 37.1 Å². The molecule has 3 N–H and O–H groups in total. The van der Waals surface area contributed by atoms with Gasteiger partial charge in [-0.1, -0.05) is 6.07 Å². The van der Waals surface area contributed by atoms with Crippen LogP contribution in [0.1, 0.15) is 35.7 Å². The number of hydrogen-bond donors (Lipinski definition) is 2. The fourth-order valence-electron chi connectivity index (χ4n) is 2.34. The molecular formula is C14H20N2O4S. The summed E-state index contributed by atoms with van der Waals surface area (Å²) in [6.45, 7) is 4.81. The van der Waals surface area contributed by atoms with E-state index in [1.807, 2.05) is 6.92 Å². The van der Waals surface area contributed by atoms with Crippen LogP contribution in [0.2, 0.25) is 0 Å². The zero-order chi connectivity index (χ0) is 15.7. The molecular weight excluding hydrogens is 292 g/mol. The first-order valence-corrected chi connectivity index (χ1v) is 8.30. The maximum absolute atomic E-state index is 12.3. The summed E-state index contributed by atoms with van der Waals surface area (Å²) in [6.07, 6.45) is 1.46. The molecule has 1 saturated heterocycles. The van der Waals surface area contributed by atoms with Crippen LogP contribution in [0.25, 0.3) is 0 Å². The highest BCUT2D eigenvalue weighted by Gasteiger charge is 2.29. The number of carbonyl (C=O) groups is 1. The molecule has 0 aromatic heterocycles. The number of ether oxygens (including phenoxy) is 1. The van der Waals surface area contributed by atoms with Crippen LogP contribution in [0.4, 0.5) is 0 Å². The predicted octanol–water partition coefficient (Wildman–Crippen LogP) is 0.941. The highest BCUT2D eigenvalue weighted by Crippen LogP contribution is 2.21. The van der Waals surface area contributed by atoms with Crippen molar-refractivity contribution in [2.75, 3.05) is 13.2 Å². The SMILES string of the molecule is Cc1ccc(C(=O)NC2(C)CCOCC2)cc1S(N)(=O)=O. The Balaban J connectivity index is 2.24. The maximum atomic E-state index is 12.3. The number of carbonyl (C=O) groups excluding carboxylic acids is 1. The number of aryl methyl sites for hydroxylation is 1. The van der Waals surface area contributed by atoms with Crippen LogP contribution in [-0.2, 0) is 14.8 Å². The van der Waals surface area contributed by atoms with Crippen molar-refractivity contribution < 1.29 is 17.9 Å². The number of hydrogen-bond acceptors (Lipinski definition) is 4. The van der Waals surface area contributed by atoms with Crippen LogP contribution in [0.3, 0.4) is 0 Å². The van der Waals surface area contributed by atoms with Crippen molar-refractivity contribution in [1.82, 2.24) is 5.32 Å². The second-order valence-corrected chi connectivity index (χ2v) is 7.18. The Labute approximate surface area is 124 Å². The molecule has 0 aliphatic carbocycles. The first kappa shape index (κ1) is 15.9. The van der Waals surface area contributed by atoms with Crippen LogP contribution in [-0.4, -0.2) is 33.1 Å². The molecule has 7 heteroatoms. The van der Waals surface area contributed by atoms with E-state index in [0.29, 0.717) is 18.8 Å². The second-order valence-electron chi connectivity index (χ2n) is 5.65. The molecule has 1 heterocycles.